The Morgan fingerprint density at radius 1 is 1.23 bits per heavy atom. The van der Waals surface area contributed by atoms with Crippen molar-refractivity contribution in [2.45, 2.75) is 95.9 Å². The SMILES string of the molecule is CC/C(CCCCC[C@@]1(CCC2CCCCC2)NC(=N)N(C)C1=O)=N/CC(=O)OC. The van der Waals surface area contributed by atoms with Crippen LogP contribution in [0.2, 0.25) is 0 Å². The van der Waals surface area contributed by atoms with Crippen LogP contribution in [0.3, 0.4) is 0 Å². The van der Waals surface area contributed by atoms with Crippen LogP contribution in [0.15, 0.2) is 4.99 Å². The minimum atomic E-state index is -0.601. The fourth-order valence-electron chi connectivity index (χ4n) is 4.72. The summed E-state index contributed by atoms with van der Waals surface area (Å²) in [6, 6.07) is 0. The molecule has 1 aliphatic carbocycles. The van der Waals surface area contributed by atoms with Gasteiger partial charge in [-0.25, -0.2) is 0 Å². The molecule has 0 spiro atoms. The average Bonchev–Trinajstić information content (AvgIpc) is 2.98. The average molecular weight is 421 g/mol. The molecule has 2 rings (SSSR count). The fraction of sp³-hybridized carbons (Fsp3) is 0.826. The van der Waals surface area contributed by atoms with Crippen molar-refractivity contribution in [3.05, 3.63) is 0 Å². The minimum Gasteiger partial charge on any atom is -0.468 e. The van der Waals surface area contributed by atoms with E-state index in [0.29, 0.717) is 0 Å². The number of likely N-dealkylation sites (N-methyl/N-ethyl adjacent to an activating group) is 1. The van der Waals surface area contributed by atoms with E-state index >= 15 is 0 Å². The van der Waals surface area contributed by atoms with Crippen molar-refractivity contribution in [1.82, 2.24) is 10.2 Å². The number of nitrogens with zero attached hydrogens (tertiary/aromatic N) is 2. The zero-order chi connectivity index (χ0) is 22.0. The van der Waals surface area contributed by atoms with Gasteiger partial charge in [-0.2, -0.15) is 0 Å². The van der Waals surface area contributed by atoms with Crippen molar-refractivity contribution in [2.75, 3.05) is 20.7 Å². The molecule has 0 aromatic carbocycles. The van der Waals surface area contributed by atoms with E-state index in [1.54, 1.807) is 7.05 Å². The van der Waals surface area contributed by atoms with E-state index in [0.717, 1.165) is 63.0 Å². The second-order valence-electron chi connectivity index (χ2n) is 8.84. The summed E-state index contributed by atoms with van der Waals surface area (Å²) in [7, 11) is 3.08. The second kappa shape index (κ2) is 12.1. The summed E-state index contributed by atoms with van der Waals surface area (Å²) in [5.41, 5.74) is 0.444. The monoisotopic (exact) mass is 420 g/mol. The molecule has 7 heteroatoms. The Morgan fingerprint density at radius 2 is 1.97 bits per heavy atom. The molecule has 2 fully saturated rings. The third kappa shape index (κ3) is 6.81. The molecule has 2 N–H and O–H groups in total. The van der Waals surface area contributed by atoms with Gasteiger partial charge in [-0.1, -0.05) is 51.9 Å². The first-order valence-corrected chi connectivity index (χ1v) is 11.7. The van der Waals surface area contributed by atoms with Crippen molar-refractivity contribution >= 4 is 23.5 Å². The molecule has 0 aromatic heterocycles. The predicted molar refractivity (Wildman–Crippen MR) is 120 cm³/mol. The van der Waals surface area contributed by atoms with Gasteiger partial charge in [-0.05, 0) is 44.4 Å². The third-order valence-electron chi connectivity index (χ3n) is 6.75. The van der Waals surface area contributed by atoms with Crippen LogP contribution in [0.1, 0.15) is 90.4 Å². The van der Waals surface area contributed by atoms with E-state index in [9.17, 15) is 9.59 Å². The number of hydrogen-bond acceptors (Lipinski definition) is 5. The Hall–Kier alpha value is -1.92. The van der Waals surface area contributed by atoms with E-state index in [1.165, 1.54) is 44.1 Å². The van der Waals surface area contributed by atoms with Crippen molar-refractivity contribution < 1.29 is 14.3 Å². The number of guanidine groups is 1. The highest BCUT2D eigenvalue weighted by Crippen LogP contribution is 2.34. The van der Waals surface area contributed by atoms with Gasteiger partial charge in [0.25, 0.3) is 5.91 Å². The van der Waals surface area contributed by atoms with E-state index in [-0.39, 0.29) is 24.4 Å². The smallest absolute Gasteiger partial charge is 0.327 e. The topological polar surface area (TPSA) is 94.9 Å². The first-order chi connectivity index (χ1) is 14.4. The van der Waals surface area contributed by atoms with Crippen molar-refractivity contribution in [3.8, 4) is 0 Å². The molecular formula is C23H40N4O3. The molecule has 0 radical (unpaired) electrons. The number of amides is 1. The van der Waals surface area contributed by atoms with Crippen LogP contribution in [-0.2, 0) is 14.3 Å². The van der Waals surface area contributed by atoms with E-state index in [2.05, 4.69) is 22.0 Å². The standard InChI is InChI=1S/C23H40N4O3/c1-4-19(25-17-20(28)30-3)13-9-6-10-15-23(21(29)27(2)22(24)26-23)16-14-18-11-7-5-8-12-18/h18H,4-17H2,1-3H3,(H2,24,26)/b25-19-/t23-/m0/s1. The molecule has 0 bridgehead atoms. The predicted octanol–water partition coefficient (Wildman–Crippen LogP) is 4.06. The van der Waals surface area contributed by atoms with E-state index < -0.39 is 5.54 Å². The van der Waals surface area contributed by atoms with Crippen LogP contribution in [0.4, 0.5) is 0 Å². The molecule has 2 aliphatic rings. The number of unbranched alkanes of at least 4 members (excludes halogenated alkanes) is 2. The zero-order valence-electron chi connectivity index (χ0n) is 19.1. The molecule has 0 aromatic rings. The third-order valence-corrected chi connectivity index (χ3v) is 6.75. The molecule has 1 aliphatic heterocycles. The lowest BCUT2D eigenvalue weighted by molar-refractivity contribution is -0.138. The van der Waals surface area contributed by atoms with E-state index in [4.69, 9.17) is 5.41 Å². The minimum absolute atomic E-state index is 0.0530. The molecule has 30 heavy (non-hydrogen) atoms. The number of methoxy groups -OCH3 is 1. The summed E-state index contributed by atoms with van der Waals surface area (Å²) in [6.45, 7) is 2.15. The Bertz CT molecular complexity index is 628. The molecule has 1 heterocycles. The van der Waals surface area contributed by atoms with Gasteiger partial charge in [-0.15, -0.1) is 0 Å². The number of esters is 1. The molecule has 170 valence electrons. The summed E-state index contributed by atoms with van der Waals surface area (Å²) >= 11 is 0. The Morgan fingerprint density at radius 3 is 2.57 bits per heavy atom. The number of carbonyl (C=O) groups is 2. The summed E-state index contributed by atoms with van der Waals surface area (Å²) in [4.78, 5) is 30.1. The Balaban J connectivity index is 1.83. The van der Waals surface area contributed by atoms with Gasteiger partial charge in [0.2, 0.25) is 0 Å². The van der Waals surface area contributed by atoms with Crippen molar-refractivity contribution in [3.63, 3.8) is 0 Å². The normalized spacial score (nSPS) is 23.0. The van der Waals surface area contributed by atoms with Crippen LogP contribution in [0, 0.1) is 11.3 Å². The lowest BCUT2D eigenvalue weighted by Gasteiger charge is -2.30. The number of aliphatic imine (C=N–C) groups is 1. The van der Waals surface area contributed by atoms with Gasteiger partial charge in [-0.3, -0.25) is 24.9 Å². The highest BCUT2D eigenvalue weighted by atomic mass is 16.5. The van der Waals surface area contributed by atoms with Crippen LogP contribution >= 0.6 is 0 Å². The fourth-order valence-corrected chi connectivity index (χ4v) is 4.72. The van der Waals surface area contributed by atoms with Crippen LogP contribution in [0.5, 0.6) is 0 Å². The van der Waals surface area contributed by atoms with Gasteiger partial charge in [0.1, 0.15) is 12.1 Å². The molecule has 1 saturated heterocycles. The van der Waals surface area contributed by atoms with Crippen molar-refractivity contribution in [2.24, 2.45) is 10.9 Å². The quantitative estimate of drug-likeness (QED) is 0.283. The second-order valence-corrected chi connectivity index (χ2v) is 8.84. The van der Waals surface area contributed by atoms with Gasteiger partial charge in [0.05, 0.1) is 7.11 Å². The highest BCUT2D eigenvalue weighted by molar-refractivity contribution is 6.07. The molecular weight excluding hydrogens is 380 g/mol. The highest BCUT2D eigenvalue weighted by Gasteiger charge is 2.47. The maximum absolute atomic E-state index is 13.0. The molecule has 1 atom stereocenters. The van der Waals surface area contributed by atoms with Gasteiger partial charge in [0.15, 0.2) is 5.96 Å². The largest absolute Gasteiger partial charge is 0.468 e. The van der Waals surface area contributed by atoms with Gasteiger partial charge >= 0.3 is 5.97 Å². The Kier molecular flexibility index (Phi) is 9.79. The molecule has 7 nitrogen and oxygen atoms in total. The van der Waals surface area contributed by atoms with Crippen LogP contribution in [-0.4, -0.2) is 54.7 Å². The first-order valence-electron chi connectivity index (χ1n) is 11.7. The zero-order valence-corrected chi connectivity index (χ0v) is 19.1. The van der Waals surface area contributed by atoms with Crippen LogP contribution in [0.25, 0.3) is 0 Å². The number of carbonyl (C=O) groups excluding carboxylic acids is 2. The summed E-state index contributed by atoms with van der Waals surface area (Å²) < 4.78 is 4.64. The molecule has 1 amide bonds. The lowest BCUT2D eigenvalue weighted by Crippen LogP contribution is -2.47. The Labute approximate surface area is 181 Å². The van der Waals surface area contributed by atoms with Gasteiger partial charge < -0.3 is 10.1 Å². The number of rotatable bonds is 12. The van der Waals surface area contributed by atoms with Gasteiger partial charge in [0, 0.05) is 12.8 Å². The maximum atomic E-state index is 13.0. The number of ether oxygens (including phenoxy) is 1. The van der Waals surface area contributed by atoms with Crippen molar-refractivity contribution in [1.29, 1.82) is 5.41 Å². The van der Waals surface area contributed by atoms with Crippen LogP contribution < -0.4 is 5.32 Å². The summed E-state index contributed by atoms with van der Waals surface area (Å²) in [5.74, 6) is 0.700. The molecule has 1 saturated carbocycles. The number of hydrogen-bond donors (Lipinski definition) is 2. The summed E-state index contributed by atoms with van der Waals surface area (Å²) in [6.07, 6.45) is 13.8. The van der Waals surface area contributed by atoms with E-state index in [1.807, 2.05) is 0 Å². The number of nitrogens with one attached hydrogen (secondary N) is 2. The first kappa shape index (κ1) is 24.4. The molecule has 0 unspecified atom stereocenters. The lowest BCUT2D eigenvalue weighted by atomic mass is 9.80. The summed E-state index contributed by atoms with van der Waals surface area (Å²) in [5, 5.41) is 11.3. The maximum Gasteiger partial charge on any atom is 0.327 e.